The zero-order valence-corrected chi connectivity index (χ0v) is 24.4. The standard InChI is InChI=1S/C31H31N5O4.C2H6/c1-37-24-12-8-22(9-13-24)31(21-6-4-3-5-7-21,23-10-14-25(38-2)15-11-23)39-18-26-16-17-27(40-26)36-20-35-28-29(32)33-19-34-30(28)36;1-2/h3-15,19-20,26-27H,16-18H2,1-2H3,(H2,32,33,34);1-2H3. The fourth-order valence-electron chi connectivity index (χ4n) is 5.39. The zero-order chi connectivity index (χ0) is 29.5. The van der Waals surface area contributed by atoms with Crippen molar-refractivity contribution in [1.29, 1.82) is 0 Å². The molecule has 0 bridgehead atoms. The molecule has 42 heavy (non-hydrogen) atoms. The lowest BCUT2D eigenvalue weighted by atomic mass is 9.80. The van der Waals surface area contributed by atoms with Crippen LogP contribution in [0, 0.1) is 0 Å². The van der Waals surface area contributed by atoms with E-state index in [9.17, 15) is 0 Å². The van der Waals surface area contributed by atoms with Crippen LogP contribution in [-0.2, 0) is 15.1 Å². The Morgan fingerprint density at radius 3 is 2.00 bits per heavy atom. The van der Waals surface area contributed by atoms with Crippen molar-refractivity contribution >= 4 is 17.0 Å². The molecule has 5 aromatic rings. The van der Waals surface area contributed by atoms with Crippen molar-refractivity contribution in [3.8, 4) is 11.5 Å². The van der Waals surface area contributed by atoms with E-state index in [2.05, 4.69) is 51.4 Å². The molecule has 1 fully saturated rings. The molecule has 1 aliphatic rings. The first-order valence-corrected chi connectivity index (χ1v) is 14.2. The van der Waals surface area contributed by atoms with Gasteiger partial charge in [0.1, 0.15) is 35.2 Å². The first-order chi connectivity index (χ1) is 20.6. The maximum absolute atomic E-state index is 7.01. The third kappa shape index (κ3) is 5.53. The van der Waals surface area contributed by atoms with E-state index in [1.807, 2.05) is 60.9 Å². The second-order valence-electron chi connectivity index (χ2n) is 9.69. The lowest BCUT2D eigenvalue weighted by molar-refractivity contribution is -0.0756. The number of hydrogen-bond acceptors (Lipinski definition) is 8. The average Bonchev–Trinajstić information content (AvgIpc) is 3.71. The Bertz CT molecular complexity index is 1520. The first kappa shape index (κ1) is 29.0. The number of hydrogen-bond donors (Lipinski definition) is 1. The quantitative estimate of drug-likeness (QED) is 0.212. The molecule has 2 aromatic heterocycles. The zero-order valence-electron chi connectivity index (χ0n) is 24.4. The smallest absolute Gasteiger partial charge is 0.167 e. The molecule has 3 aromatic carbocycles. The van der Waals surface area contributed by atoms with Crippen molar-refractivity contribution < 1.29 is 18.9 Å². The highest BCUT2D eigenvalue weighted by molar-refractivity contribution is 5.81. The van der Waals surface area contributed by atoms with Gasteiger partial charge in [-0.25, -0.2) is 15.0 Å². The minimum Gasteiger partial charge on any atom is -0.497 e. The maximum Gasteiger partial charge on any atom is 0.167 e. The Morgan fingerprint density at radius 2 is 1.40 bits per heavy atom. The molecule has 9 heteroatoms. The summed E-state index contributed by atoms with van der Waals surface area (Å²) in [5, 5.41) is 0. The summed E-state index contributed by atoms with van der Waals surface area (Å²) in [5.74, 6) is 1.91. The summed E-state index contributed by atoms with van der Waals surface area (Å²) in [5.41, 5.74) is 9.29. The summed E-state index contributed by atoms with van der Waals surface area (Å²) in [6.07, 6.45) is 4.42. The number of aromatic nitrogens is 4. The van der Waals surface area contributed by atoms with Gasteiger partial charge in [-0.05, 0) is 53.8 Å². The molecule has 218 valence electrons. The summed E-state index contributed by atoms with van der Waals surface area (Å²) in [6, 6.07) is 26.3. The number of nitrogens with two attached hydrogens (primary N) is 1. The van der Waals surface area contributed by atoms with Gasteiger partial charge in [0.15, 0.2) is 11.5 Å². The number of imidazole rings is 1. The van der Waals surface area contributed by atoms with Crippen LogP contribution in [0.5, 0.6) is 11.5 Å². The monoisotopic (exact) mass is 567 g/mol. The molecule has 2 atom stereocenters. The van der Waals surface area contributed by atoms with Gasteiger partial charge in [-0.3, -0.25) is 4.57 Å². The van der Waals surface area contributed by atoms with Gasteiger partial charge in [0.2, 0.25) is 0 Å². The van der Waals surface area contributed by atoms with Crippen molar-refractivity contribution in [2.45, 2.75) is 44.6 Å². The van der Waals surface area contributed by atoms with E-state index in [4.69, 9.17) is 24.7 Å². The van der Waals surface area contributed by atoms with Gasteiger partial charge in [-0.15, -0.1) is 0 Å². The van der Waals surface area contributed by atoms with Crippen LogP contribution in [0.25, 0.3) is 11.2 Å². The Kier molecular flexibility index (Phi) is 9.00. The van der Waals surface area contributed by atoms with Gasteiger partial charge in [0.05, 0.1) is 33.3 Å². The Morgan fingerprint density at radius 1 is 0.810 bits per heavy atom. The van der Waals surface area contributed by atoms with Crippen LogP contribution in [-0.4, -0.2) is 46.4 Å². The van der Waals surface area contributed by atoms with E-state index in [0.717, 1.165) is 41.0 Å². The highest BCUT2D eigenvalue weighted by atomic mass is 16.6. The summed E-state index contributed by atoms with van der Waals surface area (Å²) in [7, 11) is 3.33. The molecule has 1 saturated heterocycles. The van der Waals surface area contributed by atoms with Crippen LogP contribution in [0.2, 0.25) is 0 Å². The largest absolute Gasteiger partial charge is 0.497 e. The second kappa shape index (κ2) is 13.0. The minimum absolute atomic E-state index is 0.138. The summed E-state index contributed by atoms with van der Waals surface area (Å²) < 4.78 is 26.3. The van der Waals surface area contributed by atoms with Gasteiger partial charge < -0.3 is 24.7 Å². The molecule has 1 aliphatic heterocycles. The molecule has 0 amide bonds. The molecule has 6 rings (SSSR count). The molecule has 0 radical (unpaired) electrons. The number of nitrogens with zero attached hydrogens (tertiary/aromatic N) is 4. The van der Waals surface area contributed by atoms with Gasteiger partial charge >= 0.3 is 0 Å². The Balaban J connectivity index is 0.00000173. The van der Waals surface area contributed by atoms with Crippen LogP contribution < -0.4 is 15.2 Å². The summed E-state index contributed by atoms with van der Waals surface area (Å²) in [6.45, 7) is 4.37. The fourth-order valence-corrected chi connectivity index (χ4v) is 5.39. The lowest BCUT2D eigenvalue weighted by Crippen LogP contribution is -2.35. The SMILES string of the molecule is CC.COc1ccc(C(OCC2CCC(n3cnc4c(N)ncnc43)O2)(c2ccccc2)c2ccc(OC)cc2)cc1. The van der Waals surface area contributed by atoms with Gasteiger partial charge in [0, 0.05) is 0 Å². The van der Waals surface area contributed by atoms with Crippen LogP contribution in [0.1, 0.15) is 49.6 Å². The number of fused-ring (bicyclic) bond motifs is 1. The number of anilines is 1. The Labute approximate surface area is 246 Å². The predicted molar refractivity (Wildman–Crippen MR) is 162 cm³/mol. The highest BCUT2D eigenvalue weighted by Crippen LogP contribution is 2.43. The molecule has 3 heterocycles. The number of rotatable bonds is 9. The molecule has 0 spiro atoms. The van der Waals surface area contributed by atoms with Crippen LogP contribution in [0.3, 0.4) is 0 Å². The lowest BCUT2D eigenvalue weighted by Gasteiger charge is -2.37. The second-order valence-corrected chi connectivity index (χ2v) is 9.69. The molecule has 0 aliphatic carbocycles. The predicted octanol–water partition coefficient (Wildman–Crippen LogP) is 6.14. The van der Waals surface area contributed by atoms with Crippen LogP contribution >= 0.6 is 0 Å². The molecule has 2 unspecified atom stereocenters. The van der Waals surface area contributed by atoms with Gasteiger partial charge in [-0.1, -0.05) is 68.4 Å². The van der Waals surface area contributed by atoms with Crippen molar-refractivity contribution in [2.24, 2.45) is 0 Å². The maximum atomic E-state index is 7.01. The molecule has 2 N–H and O–H groups in total. The highest BCUT2D eigenvalue weighted by Gasteiger charge is 2.40. The van der Waals surface area contributed by atoms with Gasteiger partial charge in [0.25, 0.3) is 0 Å². The van der Waals surface area contributed by atoms with E-state index in [0.29, 0.717) is 23.6 Å². The number of methoxy groups -OCH3 is 2. The van der Waals surface area contributed by atoms with Gasteiger partial charge in [-0.2, -0.15) is 0 Å². The van der Waals surface area contributed by atoms with Crippen LogP contribution in [0.15, 0.2) is 91.5 Å². The van der Waals surface area contributed by atoms with E-state index in [1.54, 1.807) is 20.5 Å². The molecule has 0 saturated carbocycles. The van der Waals surface area contributed by atoms with E-state index in [-0.39, 0.29) is 12.3 Å². The fraction of sp³-hybridized carbons (Fsp3) is 0.303. The normalized spacial score (nSPS) is 16.6. The van der Waals surface area contributed by atoms with Crippen LogP contribution in [0.4, 0.5) is 5.82 Å². The first-order valence-electron chi connectivity index (χ1n) is 14.2. The number of benzene rings is 3. The Hall–Kier alpha value is -4.47. The minimum atomic E-state index is -0.898. The summed E-state index contributed by atoms with van der Waals surface area (Å²) >= 11 is 0. The van der Waals surface area contributed by atoms with Crippen molar-refractivity contribution in [1.82, 2.24) is 19.5 Å². The van der Waals surface area contributed by atoms with Crippen molar-refractivity contribution in [3.05, 3.63) is 108 Å². The summed E-state index contributed by atoms with van der Waals surface area (Å²) in [4.78, 5) is 12.8. The number of ether oxygens (including phenoxy) is 4. The third-order valence-corrected chi connectivity index (χ3v) is 7.44. The molecule has 9 nitrogen and oxygen atoms in total. The average molecular weight is 568 g/mol. The van der Waals surface area contributed by atoms with Crippen molar-refractivity contribution in [3.63, 3.8) is 0 Å². The van der Waals surface area contributed by atoms with E-state index in [1.165, 1.54) is 6.33 Å². The van der Waals surface area contributed by atoms with E-state index >= 15 is 0 Å². The third-order valence-electron chi connectivity index (χ3n) is 7.44. The van der Waals surface area contributed by atoms with E-state index < -0.39 is 5.60 Å². The molecular weight excluding hydrogens is 530 g/mol. The molecular formula is C33H37N5O4. The topological polar surface area (TPSA) is 107 Å². The van der Waals surface area contributed by atoms with Crippen molar-refractivity contribution in [2.75, 3.05) is 26.6 Å². The number of nitrogen functional groups attached to an aromatic ring is 1.